The Morgan fingerprint density at radius 1 is 1.60 bits per heavy atom. The molecule has 1 saturated carbocycles. The number of aromatic nitrogens is 1. The first-order valence-electron chi connectivity index (χ1n) is 6.70. The molecule has 106 valence electrons. The summed E-state index contributed by atoms with van der Waals surface area (Å²) in [6, 6.07) is 1.79. The van der Waals surface area contributed by atoms with Gasteiger partial charge in [-0.1, -0.05) is 11.8 Å². The van der Waals surface area contributed by atoms with Gasteiger partial charge in [0.2, 0.25) is 0 Å². The molecule has 1 amide bonds. The van der Waals surface area contributed by atoms with E-state index in [-0.39, 0.29) is 24.7 Å². The molecule has 0 spiro atoms. The number of hydrogen-bond donors (Lipinski definition) is 2. The van der Waals surface area contributed by atoms with E-state index in [0.717, 1.165) is 12.8 Å². The van der Waals surface area contributed by atoms with Gasteiger partial charge in [-0.3, -0.25) is 9.78 Å². The molecular weight excluding hydrogens is 256 g/mol. The fourth-order valence-corrected chi connectivity index (χ4v) is 2.15. The van der Waals surface area contributed by atoms with Crippen LogP contribution in [0.2, 0.25) is 0 Å². The van der Waals surface area contributed by atoms with E-state index < -0.39 is 0 Å². The summed E-state index contributed by atoms with van der Waals surface area (Å²) in [4.78, 5) is 16.1. The Labute approximate surface area is 118 Å². The maximum Gasteiger partial charge on any atom is 0.252 e. The van der Waals surface area contributed by atoms with E-state index in [0.29, 0.717) is 17.7 Å². The van der Waals surface area contributed by atoms with Crippen LogP contribution in [-0.2, 0) is 4.74 Å². The topological polar surface area (TPSA) is 71.5 Å². The minimum Gasteiger partial charge on any atom is -0.384 e. The van der Waals surface area contributed by atoms with Gasteiger partial charge in [0.15, 0.2) is 0 Å². The van der Waals surface area contributed by atoms with Crippen molar-refractivity contribution in [3.63, 3.8) is 0 Å². The third-order valence-electron chi connectivity index (χ3n) is 3.20. The predicted molar refractivity (Wildman–Crippen MR) is 74.1 cm³/mol. The van der Waals surface area contributed by atoms with Crippen LogP contribution in [0.15, 0.2) is 18.5 Å². The van der Waals surface area contributed by atoms with Crippen LogP contribution in [0.5, 0.6) is 0 Å². The number of carbonyl (C=O) groups excluding carboxylic acids is 1. The smallest absolute Gasteiger partial charge is 0.252 e. The standard InChI is InChI=1S/C15H18N2O3/c1-2-20-13-8-12(9-13)17-15(19)14-5-6-16-10-11(14)4-3-7-18/h5-6,10,12-13,18H,2,7-9H2,1H3,(H,17,19). The molecule has 1 fully saturated rings. The van der Waals surface area contributed by atoms with Gasteiger partial charge in [0.1, 0.15) is 6.61 Å². The highest BCUT2D eigenvalue weighted by Gasteiger charge is 2.31. The zero-order chi connectivity index (χ0) is 14.4. The normalized spacial score (nSPS) is 20.5. The van der Waals surface area contributed by atoms with Crippen LogP contribution in [0.4, 0.5) is 0 Å². The maximum atomic E-state index is 12.2. The minimum atomic E-state index is -0.241. The quantitative estimate of drug-likeness (QED) is 0.794. The second-order valence-electron chi connectivity index (χ2n) is 4.60. The van der Waals surface area contributed by atoms with Crippen LogP contribution in [0, 0.1) is 11.8 Å². The van der Waals surface area contributed by atoms with Crippen LogP contribution >= 0.6 is 0 Å². The molecule has 0 aromatic carbocycles. The van der Waals surface area contributed by atoms with E-state index in [2.05, 4.69) is 22.1 Å². The summed E-state index contributed by atoms with van der Waals surface area (Å²) in [6.45, 7) is 2.43. The summed E-state index contributed by atoms with van der Waals surface area (Å²) in [6.07, 6.45) is 5.05. The Kier molecular flexibility index (Phi) is 5.10. The first-order chi connectivity index (χ1) is 9.74. The number of nitrogens with one attached hydrogen (secondary N) is 1. The lowest BCUT2D eigenvalue weighted by atomic mass is 9.89. The lowest BCUT2D eigenvalue weighted by Gasteiger charge is -2.35. The second kappa shape index (κ2) is 7.04. The molecular formula is C15H18N2O3. The van der Waals surface area contributed by atoms with Gasteiger partial charge < -0.3 is 15.2 Å². The molecule has 0 atom stereocenters. The van der Waals surface area contributed by atoms with Crippen molar-refractivity contribution in [2.24, 2.45) is 0 Å². The molecule has 1 aliphatic rings. The highest BCUT2D eigenvalue weighted by Crippen LogP contribution is 2.23. The van der Waals surface area contributed by atoms with Gasteiger partial charge in [0.05, 0.1) is 17.2 Å². The van der Waals surface area contributed by atoms with E-state index in [1.807, 2.05) is 6.92 Å². The largest absolute Gasteiger partial charge is 0.384 e. The van der Waals surface area contributed by atoms with Crippen LogP contribution in [-0.4, -0.2) is 41.4 Å². The van der Waals surface area contributed by atoms with Crippen molar-refractivity contribution in [2.75, 3.05) is 13.2 Å². The first kappa shape index (κ1) is 14.5. The Bertz CT molecular complexity index is 527. The van der Waals surface area contributed by atoms with E-state index >= 15 is 0 Å². The zero-order valence-electron chi connectivity index (χ0n) is 11.4. The molecule has 5 heteroatoms. The number of carbonyl (C=O) groups is 1. The van der Waals surface area contributed by atoms with Gasteiger partial charge in [-0.2, -0.15) is 0 Å². The van der Waals surface area contributed by atoms with Crippen molar-refractivity contribution in [1.82, 2.24) is 10.3 Å². The van der Waals surface area contributed by atoms with E-state index in [9.17, 15) is 4.79 Å². The number of rotatable bonds is 4. The fraction of sp³-hybridized carbons (Fsp3) is 0.467. The molecule has 1 aliphatic carbocycles. The number of amides is 1. The Morgan fingerprint density at radius 2 is 2.40 bits per heavy atom. The molecule has 1 aromatic rings. The lowest BCUT2D eigenvalue weighted by Crippen LogP contribution is -2.47. The predicted octanol–water partition coefficient (Wildman–Crippen LogP) is 0.723. The molecule has 0 aliphatic heterocycles. The summed E-state index contributed by atoms with van der Waals surface area (Å²) < 4.78 is 5.46. The molecule has 1 aromatic heterocycles. The number of pyridine rings is 1. The molecule has 20 heavy (non-hydrogen) atoms. The summed E-state index contributed by atoms with van der Waals surface area (Å²) in [5.41, 5.74) is 1.01. The maximum absolute atomic E-state index is 12.2. The number of ether oxygens (including phenoxy) is 1. The monoisotopic (exact) mass is 274 g/mol. The van der Waals surface area contributed by atoms with Crippen molar-refractivity contribution in [2.45, 2.75) is 31.9 Å². The number of hydrogen-bond acceptors (Lipinski definition) is 4. The van der Waals surface area contributed by atoms with Crippen LogP contribution in [0.1, 0.15) is 35.7 Å². The summed E-state index contributed by atoms with van der Waals surface area (Å²) in [5.74, 6) is 5.11. The molecule has 0 unspecified atom stereocenters. The summed E-state index contributed by atoms with van der Waals surface area (Å²) in [5, 5.41) is 11.7. The minimum absolute atomic E-state index is 0.158. The third kappa shape index (κ3) is 3.56. The van der Waals surface area contributed by atoms with Gasteiger partial charge in [0.25, 0.3) is 5.91 Å². The SMILES string of the molecule is CCOC1CC(NC(=O)c2ccncc2C#CCO)C1. The molecule has 0 bridgehead atoms. The van der Waals surface area contributed by atoms with Crippen molar-refractivity contribution < 1.29 is 14.6 Å². The molecule has 0 radical (unpaired) electrons. The van der Waals surface area contributed by atoms with Gasteiger partial charge in [-0.25, -0.2) is 0 Å². The Balaban J connectivity index is 1.96. The zero-order valence-corrected chi connectivity index (χ0v) is 11.4. The molecule has 2 rings (SSSR count). The average molecular weight is 274 g/mol. The van der Waals surface area contributed by atoms with Gasteiger partial charge in [-0.15, -0.1) is 0 Å². The number of aliphatic hydroxyl groups is 1. The van der Waals surface area contributed by atoms with Gasteiger partial charge in [0, 0.05) is 25.0 Å². The average Bonchev–Trinajstić information content (AvgIpc) is 2.43. The number of nitrogens with zero attached hydrogens (tertiary/aromatic N) is 1. The third-order valence-corrected chi connectivity index (χ3v) is 3.20. The molecule has 1 heterocycles. The van der Waals surface area contributed by atoms with Gasteiger partial charge in [-0.05, 0) is 25.8 Å². The van der Waals surface area contributed by atoms with Crippen LogP contribution < -0.4 is 5.32 Å². The summed E-state index contributed by atoms with van der Waals surface area (Å²) in [7, 11) is 0. The van der Waals surface area contributed by atoms with Crippen molar-refractivity contribution in [3.05, 3.63) is 29.6 Å². The molecule has 0 saturated heterocycles. The van der Waals surface area contributed by atoms with Crippen LogP contribution in [0.25, 0.3) is 0 Å². The van der Waals surface area contributed by atoms with E-state index in [1.165, 1.54) is 6.20 Å². The molecule has 5 nitrogen and oxygen atoms in total. The molecule has 2 N–H and O–H groups in total. The van der Waals surface area contributed by atoms with Crippen molar-refractivity contribution in [3.8, 4) is 11.8 Å². The first-order valence-corrected chi connectivity index (χ1v) is 6.70. The highest BCUT2D eigenvalue weighted by atomic mass is 16.5. The summed E-state index contributed by atoms with van der Waals surface area (Å²) >= 11 is 0. The highest BCUT2D eigenvalue weighted by molar-refractivity contribution is 5.96. The van der Waals surface area contributed by atoms with Gasteiger partial charge >= 0.3 is 0 Å². The number of aliphatic hydroxyl groups excluding tert-OH is 1. The van der Waals surface area contributed by atoms with Crippen molar-refractivity contribution in [1.29, 1.82) is 0 Å². The van der Waals surface area contributed by atoms with Crippen molar-refractivity contribution >= 4 is 5.91 Å². The van der Waals surface area contributed by atoms with Crippen LogP contribution in [0.3, 0.4) is 0 Å². The Morgan fingerprint density at radius 3 is 3.10 bits per heavy atom. The van der Waals surface area contributed by atoms with E-state index in [1.54, 1.807) is 12.3 Å². The lowest BCUT2D eigenvalue weighted by molar-refractivity contribution is -0.00862. The second-order valence-corrected chi connectivity index (χ2v) is 4.60. The van der Waals surface area contributed by atoms with E-state index in [4.69, 9.17) is 9.84 Å². The Hall–Kier alpha value is -1.90. The fourth-order valence-electron chi connectivity index (χ4n) is 2.15.